The van der Waals surface area contributed by atoms with Crippen molar-refractivity contribution in [3.8, 4) is 0 Å². The Morgan fingerprint density at radius 3 is 2.40 bits per heavy atom. The zero-order chi connectivity index (χ0) is 7.82. The summed E-state index contributed by atoms with van der Waals surface area (Å²) in [4.78, 5) is 0. The third-order valence-corrected chi connectivity index (χ3v) is 1.91. The minimum atomic E-state index is 0.794. The van der Waals surface area contributed by atoms with Crippen LogP contribution in [-0.2, 0) is 0 Å². The topological polar surface area (TPSA) is 0 Å². The molecule has 1 heteroatoms. The van der Waals surface area contributed by atoms with Crippen LogP contribution in [0, 0.1) is 5.92 Å². The van der Waals surface area contributed by atoms with Crippen LogP contribution in [0.1, 0.15) is 26.7 Å². The van der Waals surface area contributed by atoms with E-state index >= 15 is 0 Å². The molecule has 0 rings (SSSR count). The van der Waals surface area contributed by atoms with Crippen molar-refractivity contribution in [1.82, 2.24) is 0 Å². The Bertz CT molecular complexity index is 99.9. The maximum atomic E-state index is 2.27. The van der Waals surface area contributed by atoms with Gasteiger partial charge in [0.1, 0.15) is 0 Å². The summed E-state index contributed by atoms with van der Waals surface area (Å²) < 4.78 is 2.09. The van der Waals surface area contributed by atoms with Crippen LogP contribution in [0.3, 0.4) is 0 Å². The van der Waals surface area contributed by atoms with Gasteiger partial charge in [-0.15, -0.1) is 0 Å². The summed E-state index contributed by atoms with van der Waals surface area (Å²) in [6.07, 6.45) is 8.97. The predicted molar refractivity (Wildman–Crippen MR) is 56.4 cm³/mol. The van der Waals surface area contributed by atoms with Gasteiger partial charge in [-0.1, -0.05) is 47.7 Å². The molecule has 0 radical (unpaired) electrons. The van der Waals surface area contributed by atoms with Gasteiger partial charge >= 0.3 is 0 Å². The molecule has 10 heavy (non-hydrogen) atoms. The second-order valence-electron chi connectivity index (χ2n) is 2.51. The third kappa shape index (κ3) is 6.33. The van der Waals surface area contributed by atoms with Gasteiger partial charge in [0.15, 0.2) is 0 Å². The first kappa shape index (κ1) is 10.2. The lowest BCUT2D eigenvalue weighted by atomic mass is 10.0. The average molecular weight is 250 g/mol. The molecular formula is C9H15I. The van der Waals surface area contributed by atoms with Gasteiger partial charge in [-0.25, -0.2) is 0 Å². The number of hydrogen-bond donors (Lipinski definition) is 0. The van der Waals surface area contributed by atoms with Gasteiger partial charge in [0.05, 0.1) is 0 Å². The fourth-order valence-corrected chi connectivity index (χ4v) is 1.04. The van der Waals surface area contributed by atoms with Crippen LogP contribution in [0.5, 0.6) is 0 Å². The zero-order valence-electron chi connectivity index (χ0n) is 6.68. The number of allylic oxidation sites excluding steroid dienone is 3. The minimum absolute atomic E-state index is 0.794. The van der Waals surface area contributed by atoms with Gasteiger partial charge in [0, 0.05) is 0 Å². The van der Waals surface area contributed by atoms with Crippen LogP contribution < -0.4 is 0 Å². The van der Waals surface area contributed by atoms with E-state index in [-0.39, 0.29) is 0 Å². The van der Waals surface area contributed by atoms with Crippen molar-refractivity contribution in [1.29, 1.82) is 0 Å². The molecule has 58 valence electrons. The van der Waals surface area contributed by atoms with E-state index in [0.717, 1.165) is 5.92 Å². The van der Waals surface area contributed by atoms with Crippen molar-refractivity contribution < 1.29 is 0 Å². The highest BCUT2D eigenvalue weighted by molar-refractivity contribution is 14.1. The highest BCUT2D eigenvalue weighted by Gasteiger charge is 1.93. The van der Waals surface area contributed by atoms with E-state index in [1.807, 2.05) is 0 Å². The van der Waals surface area contributed by atoms with E-state index in [2.05, 4.69) is 58.7 Å². The maximum Gasteiger partial charge on any atom is -0.0274 e. The van der Waals surface area contributed by atoms with E-state index in [9.17, 15) is 0 Å². The fourth-order valence-electron chi connectivity index (χ4n) is 0.748. The first-order chi connectivity index (χ1) is 4.81. The Labute approximate surface area is 77.5 Å². The average Bonchev–Trinajstić information content (AvgIpc) is 1.97. The van der Waals surface area contributed by atoms with Gasteiger partial charge < -0.3 is 0 Å². The SMILES string of the molecule is CC=CC[C@H](C)C/C=C\I. The highest BCUT2D eigenvalue weighted by Crippen LogP contribution is 2.09. The van der Waals surface area contributed by atoms with Gasteiger partial charge in [0.25, 0.3) is 0 Å². The molecule has 0 fully saturated rings. The molecule has 0 N–H and O–H groups in total. The summed E-state index contributed by atoms with van der Waals surface area (Å²) in [6.45, 7) is 4.34. The third-order valence-electron chi connectivity index (χ3n) is 1.40. The predicted octanol–water partition coefficient (Wildman–Crippen LogP) is 3.93. The van der Waals surface area contributed by atoms with Crippen LogP contribution in [0.4, 0.5) is 0 Å². The molecule has 1 atom stereocenters. The van der Waals surface area contributed by atoms with E-state index < -0.39 is 0 Å². The van der Waals surface area contributed by atoms with Gasteiger partial charge in [-0.05, 0) is 29.8 Å². The smallest absolute Gasteiger partial charge is 0.0274 e. The summed E-state index contributed by atoms with van der Waals surface area (Å²) >= 11 is 2.26. The molecule has 0 amide bonds. The summed E-state index contributed by atoms with van der Waals surface area (Å²) in [6, 6.07) is 0. The molecule has 0 aromatic rings. The van der Waals surface area contributed by atoms with Crippen LogP contribution in [0.15, 0.2) is 22.3 Å². The van der Waals surface area contributed by atoms with Crippen LogP contribution in [0.25, 0.3) is 0 Å². The quantitative estimate of drug-likeness (QED) is 0.524. The fraction of sp³-hybridized carbons (Fsp3) is 0.556. The first-order valence-corrected chi connectivity index (χ1v) is 4.92. The van der Waals surface area contributed by atoms with E-state index in [1.54, 1.807) is 0 Å². The Hall–Kier alpha value is 0.210. The normalized spacial score (nSPS) is 15.1. The summed E-state index contributed by atoms with van der Waals surface area (Å²) in [5.41, 5.74) is 0. The second kappa shape index (κ2) is 7.32. The Kier molecular flexibility index (Phi) is 7.47. The lowest BCUT2D eigenvalue weighted by molar-refractivity contribution is 0.603. The minimum Gasteiger partial charge on any atom is -0.0917 e. The van der Waals surface area contributed by atoms with Crippen molar-refractivity contribution in [3.05, 3.63) is 22.3 Å². The molecule has 0 aromatic carbocycles. The molecule has 0 aliphatic carbocycles. The van der Waals surface area contributed by atoms with Crippen molar-refractivity contribution >= 4 is 22.6 Å². The Morgan fingerprint density at radius 2 is 1.90 bits per heavy atom. The molecular weight excluding hydrogens is 235 g/mol. The van der Waals surface area contributed by atoms with Crippen LogP contribution in [0.2, 0.25) is 0 Å². The molecule has 0 saturated heterocycles. The first-order valence-electron chi connectivity index (χ1n) is 3.67. The molecule has 0 aromatic heterocycles. The molecule has 0 saturated carbocycles. The van der Waals surface area contributed by atoms with Crippen molar-refractivity contribution in [2.75, 3.05) is 0 Å². The number of rotatable bonds is 4. The van der Waals surface area contributed by atoms with E-state index in [0.29, 0.717) is 0 Å². The van der Waals surface area contributed by atoms with Crippen molar-refractivity contribution in [2.45, 2.75) is 26.7 Å². The zero-order valence-corrected chi connectivity index (χ0v) is 8.84. The van der Waals surface area contributed by atoms with Crippen molar-refractivity contribution in [3.63, 3.8) is 0 Å². The largest absolute Gasteiger partial charge is 0.0917 e. The summed E-state index contributed by atoms with van der Waals surface area (Å²) in [5.74, 6) is 0.794. The second-order valence-corrected chi connectivity index (χ2v) is 3.23. The molecule has 0 unspecified atom stereocenters. The number of hydrogen-bond acceptors (Lipinski definition) is 0. The lowest BCUT2D eigenvalue weighted by Gasteiger charge is -2.02. The van der Waals surface area contributed by atoms with Crippen molar-refractivity contribution in [2.24, 2.45) is 5.92 Å². The van der Waals surface area contributed by atoms with Crippen LogP contribution >= 0.6 is 22.6 Å². The summed E-state index contributed by atoms with van der Waals surface area (Å²) in [5, 5.41) is 0. The summed E-state index contributed by atoms with van der Waals surface area (Å²) in [7, 11) is 0. The highest BCUT2D eigenvalue weighted by atomic mass is 127. The molecule has 0 aliphatic rings. The van der Waals surface area contributed by atoms with Crippen LogP contribution in [-0.4, -0.2) is 0 Å². The monoisotopic (exact) mass is 250 g/mol. The molecule has 0 nitrogen and oxygen atoms in total. The van der Waals surface area contributed by atoms with Gasteiger partial charge in [0.2, 0.25) is 0 Å². The molecule has 0 heterocycles. The van der Waals surface area contributed by atoms with E-state index in [1.165, 1.54) is 12.8 Å². The molecule has 0 aliphatic heterocycles. The molecule has 0 bridgehead atoms. The molecule has 0 spiro atoms. The van der Waals surface area contributed by atoms with E-state index in [4.69, 9.17) is 0 Å². The lowest BCUT2D eigenvalue weighted by Crippen LogP contribution is -1.88. The Morgan fingerprint density at radius 1 is 1.30 bits per heavy atom. The van der Waals surface area contributed by atoms with Gasteiger partial charge in [-0.2, -0.15) is 0 Å². The Balaban J connectivity index is 3.33. The van der Waals surface area contributed by atoms with Gasteiger partial charge in [-0.3, -0.25) is 0 Å². The maximum absolute atomic E-state index is 2.27. The standard InChI is InChI=1S/C9H15I/c1-3-4-6-9(2)7-5-8-10/h3-5,8-9H,6-7H2,1-2H3/b4-3?,8-5-/t9-/m0/s1. The number of halogens is 1.